The summed E-state index contributed by atoms with van der Waals surface area (Å²) in [6.45, 7) is 0. The molecule has 1 amide bonds. The van der Waals surface area contributed by atoms with E-state index in [9.17, 15) is 4.79 Å². The summed E-state index contributed by atoms with van der Waals surface area (Å²) in [6.07, 6.45) is 4.01. The first-order chi connectivity index (χ1) is 12.3. The van der Waals surface area contributed by atoms with Gasteiger partial charge in [-0.25, -0.2) is 9.78 Å². The molecule has 0 aliphatic heterocycles. The average molecular weight is 352 g/mol. The Bertz CT molecular complexity index is 960. The lowest BCUT2D eigenvalue weighted by Crippen LogP contribution is -2.16. The molecule has 7 heteroatoms. The van der Waals surface area contributed by atoms with Crippen molar-refractivity contribution >= 4 is 22.6 Å². The zero-order chi connectivity index (χ0) is 17.1. The molecule has 0 atom stereocenters. The van der Waals surface area contributed by atoms with Gasteiger partial charge < -0.3 is 13.6 Å². The summed E-state index contributed by atoms with van der Waals surface area (Å²) in [5.74, 6) is 0.118. The third-order valence-electron chi connectivity index (χ3n) is 3.36. The molecule has 1 aromatic carbocycles. The number of anilines is 1. The number of amides is 1. The van der Waals surface area contributed by atoms with Crippen molar-refractivity contribution in [2.45, 2.75) is 0 Å². The second-order valence-corrected chi connectivity index (χ2v) is 6.02. The molecule has 0 fully saturated rings. The van der Waals surface area contributed by atoms with Gasteiger partial charge in [-0.2, -0.15) is 0 Å². The highest BCUT2D eigenvalue weighted by molar-refractivity contribution is 7.19. The van der Waals surface area contributed by atoms with Crippen LogP contribution >= 0.6 is 11.3 Å². The number of aromatic nitrogens is 1. The van der Waals surface area contributed by atoms with E-state index < -0.39 is 6.09 Å². The van der Waals surface area contributed by atoms with Crippen LogP contribution in [0.25, 0.3) is 21.7 Å². The summed E-state index contributed by atoms with van der Waals surface area (Å²) in [5, 5.41) is 3.05. The van der Waals surface area contributed by atoms with Crippen molar-refractivity contribution in [3.8, 4) is 27.6 Å². The van der Waals surface area contributed by atoms with Crippen molar-refractivity contribution in [1.29, 1.82) is 0 Å². The fraction of sp³-hybridized carbons (Fsp3) is 0. The molecule has 0 aliphatic rings. The van der Waals surface area contributed by atoms with Gasteiger partial charge in [0.25, 0.3) is 5.95 Å². The zero-order valence-corrected chi connectivity index (χ0v) is 13.7. The van der Waals surface area contributed by atoms with Crippen LogP contribution in [0.1, 0.15) is 0 Å². The Kier molecular flexibility index (Phi) is 4.05. The van der Waals surface area contributed by atoms with Crippen molar-refractivity contribution < 1.29 is 18.4 Å². The molecule has 0 radical (unpaired) electrons. The third kappa shape index (κ3) is 3.31. The highest BCUT2D eigenvalue weighted by Gasteiger charge is 2.18. The Morgan fingerprint density at radius 2 is 1.92 bits per heavy atom. The second kappa shape index (κ2) is 6.66. The molecule has 0 saturated heterocycles. The Balaban J connectivity index is 1.64. The van der Waals surface area contributed by atoms with Crippen molar-refractivity contribution in [2.75, 3.05) is 5.32 Å². The minimum Gasteiger partial charge on any atom is -0.472 e. The average Bonchev–Trinajstić information content (AvgIpc) is 3.37. The van der Waals surface area contributed by atoms with Crippen molar-refractivity contribution in [3.05, 3.63) is 67.3 Å². The number of ether oxygens (including phenoxy) is 1. The molecule has 1 N–H and O–H groups in total. The number of hydrogen-bond donors (Lipinski definition) is 1. The summed E-state index contributed by atoms with van der Waals surface area (Å²) in [6, 6.07) is 14.8. The number of benzene rings is 1. The molecule has 0 unspecified atom stereocenters. The maximum absolute atomic E-state index is 12.0. The standard InChI is InChI=1S/C18H12N2O4S/c21-18(24-14-7-4-9-23-14)20-17-19-15(12-5-2-1-3-6-12)16(25-17)13-8-10-22-11-13/h1-11H,(H,19,20,21). The number of carbonyl (C=O) groups excluding carboxylic acids is 1. The molecule has 0 saturated carbocycles. The topological polar surface area (TPSA) is 77.5 Å². The first-order valence-corrected chi connectivity index (χ1v) is 8.22. The van der Waals surface area contributed by atoms with Crippen LogP contribution in [0.5, 0.6) is 5.95 Å². The molecule has 6 nitrogen and oxygen atoms in total. The van der Waals surface area contributed by atoms with E-state index >= 15 is 0 Å². The molecule has 25 heavy (non-hydrogen) atoms. The highest BCUT2D eigenvalue weighted by atomic mass is 32.1. The number of carbonyl (C=O) groups is 1. The smallest absolute Gasteiger partial charge is 0.421 e. The summed E-state index contributed by atoms with van der Waals surface area (Å²) >= 11 is 1.34. The van der Waals surface area contributed by atoms with Crippen LogP contribution in [0.15, 0.2) is 76.2 Å². The van der Waals surface area contributed by atoms with E-state index in [4.69, 9.17) is 13.6 Å². The first-order valence-electron chi connectivity index (χ1n) is 7.41. The van der Waals surface area contributed by atoms with Gasteiger partial charge in [-0.1, -0.05) is 41.7 Å². The molecule has 124 valence electrons. The number of hydrogen-bond acceptors (Lipinski definition) is 6. The predicted octanol–water partition coefficient (Wildman–Crippen LogP) is 5.27. The summed E-state index contributed by atoms with van der Waals surface area (Å²) < 4.78 is 15.2. The van der Waals surface area contributed by atoms with Crippen molar-refractivity contribution in [3.63, 3.8) is 0 Å². The summed E-state index contributed by atoms with van der Waals surface area (Å²) in [4.78, 5) is 17.4. The van der Waals surface area contributed by atoms with Crippen LogP contribution in [-0.2, 0) is 0 Å². The number of nitrogens with zero attached hydrogens (tertiary/aromatic N) is 1. The SMILES string of the molecule is O=C(Nc1nc(-c2ccccc2)c(-c2ccoc2)s1)Oc1ccco1. The molecular weight excluding hydrogens is 340 g/mol. The van der Waals surface area contributed by atoms with Crippen LogP contribution < -0.4 is 10.1 Å². The fourth-order valence-corrected chi connectivity index (χ4v) is 3.24. The Hall–Kier alpha value is -3.32. The van der Waals surface area contributed by atoms with Crippen LogP contribution in [0, 0.1) is 0 Å². The van der Waals surface area contributed by atoms with E-state index in [0.29, 0.717) is 5.13 Å². The molecule has 4 aromatic rings. The number of furan rings is 2. The molecule has 3 heterocycles. The van der Waals surface area contributed by atoms with Gasteiger partial charge in [-0.3, -0.25) is 5.32 Å². The third-order valence-corrected chi connectivity index (χ3v) is 4.37. The van der Waals surface area contributed by atoms with Crippen LogP contribution in [0.2, 0.25) is 0 Å². The zero-order valence-electron chi connectivity index (χ0n) is 12.8. The first kappa shape index (κ1) is 15.2. The lowest BCUT2D eigenvalue weighted by Gasteiger charge is -2.00. The largest absolute Gasteiger partial charge is 0.472 e. The molecule has 0 bridgehead atoms. The van der Waals surface area contributed by atoms with Gasteiger partial charge in [0.2, 0.25) is 0 Å². The van der Waals surface area contributed by atoms with Crippen LogP contribution in [-0.4, -0.2) is 11.1 Å². The quantitative estimate of drug-likeness (QED) is 0.541. The summed E-state index contributed by atoms with van der Waals surface area (Å²) in [5.41, 5.74) is 2.60. The maximum atomic E-state index is 12.0. The molecule has 4 rings (SSSR count). The molecular formula is C18H12N2O4S. The van der Waals surface area contributed by atoms with E-state index in [0.717, 1.165) is 21.7 Å². The van der Waals surface area contributed by atoms with Crippen LogP contribution in [0.4, 0.5) is 9.93 Å². The van der Waals surface area contributed by atoms with E-state index in [-0.39, 0.29) is 5.95 Å². The molecule has 0 spiro atoms. The van der Waals surface area contributed by atoms with E-state index in [1.807, 2.05) is 36.4 Å². The van der Waals surface area contributed by atoms with E-state index in [1.54, 1.807) is 24.7 Å². The minimum atomic E-state index is -0.665. The minimum absolute atomic E-state index is 0.118. The Labute approximate surface area is 146 Å². The lowest BCUT2D eigenvalue weighted by molar-refractivity contribution is 0.202. The van der Waals surface area contributed by atoms with Gasteiger partial charge >= 0.3 is 6.09 Å². The van der Waals surface area contributed by atoms with Crippen molar-refractivity contribution in [2.24, 2.45) is 0 Å². The van der Waals surface area contributed by atoms with Gasteiger partial charge in [0.1, 0.15) is 0 Å². The molecule has 3 aromatic heterocycles. The Morgan fingerprint density at radius 3 is 2.64 bits per heavy atom. The van der Waals surface area contributed by atoms with Crippen molar-refractivity contribution in [1.82, 2.24) is 4.98 Å². The predicted molar refractivity (Wildman–Crippen MR) is 93.6 cm³/mol. The van der Waals surface area contributed by atoms with E-state index in [2.05, 4.69) is 10.3 Å². The number of nitrogens with one attached hydrogen (secondary N) is 1. The van der Waals surface area contributed by atoms with Crippen LogP contribution in [0.3, 0.4) is 0 Å². The van der Waals surface area contributed by atoms with Gasteiger partial charge in [-0.15, -0.1) is 0 Å². The Morgan fingerprint density at radius 1 is 1.04 bits per heavy atom. The summed E-state index contributed by atoms with van der Waals surface area (Å²) in [7, 11) is 0. The fourth-order valence-electron chi connectivity index (χ4n) is 2.28. The van der Waals surface area contributed by atoms with Gasteiger partial charge in [0.05, 0.1) is 29.4 Å². The number of thiazole rings is 1. The highest BCUT2D eigenvalue weighted by Crippen LogP contribution is 2.39. The maximum Gasteiger partial charge on any atom is 0.421 e. The number of rotatable bonds is 4. The van der Waals surface area contributed by atoms with Gasteiger partial charge in [0.15, 0.2) is 5.13 Å². The monoisotopic (exact) mass is 352 g/mol. The lowest BCUT2D eigenvalue weighted by atomic mass is 10.1. The van der Waals surface area contributed by atoms with Gasteiger partial charge in [0, 0.05) is 17.2 Å². The second-order valence-electron chi connectivity index (χ2n) is 5.02. The van der Waals surface area contributed by atoms with Gasteiger partial charge in [-0.05, 0) is 12.1 Å². The molecule has 0 aliphatic carbocycles. The normalized spacial score (nSPS) is 10.6. The van der Waals surface area contributed by atoms with E-state index in [1.165, 1.54) is 17.6 Å².